The van der Waals surface area contributed by atoms with E-state index in [0.717, 1.165) is 18.5 Å². The molecule has 1 aliphatic rings. The van der Waals surface area contributed by atoms with Gasteiger partial charge in [0.2, 0.25) is 0 Å². The number of para-hydroxylation sites is 1. The van der Waals surface area contributed by atoms with Crippen LogP contribution in [0.4, 0.5) is 0 Å². The first-order valence-electron chi connectivity index (χ1n) is 7.71. The molecule has 116 valence electrons. The van der Waals surface area contributed by atoms with Crippen molar-refractivity contribution < 1.29 is 4.79 Å². The predicted molar refractivity (Wildman–Crippen MR) is 83.6 cm³/mol. The first-order valence-corrected chi connectivity index (χ1v) is 7.71. The van der Waals surface area contributed by atoms with Gasteiger partial charge in [0.1, 0.15) is 0 Å². The highest BCUT2D eigenvalue weighted by Gasteiger charge is 2.33. The van der Waals surface area contributed by atoms with Crippen LogP contribution in [-0.4, -0.2) is 44.9 Å². The fraction of sp³-hybridized carbons (Fsp3) is 0.438. The monoisotopic (exact) mass is 299 g/mol. The topological polar surface area (TPSA) is 77.0 Å². The molecule has 2 N–H and O–H groups in total. The molecule has 0 radical (unpaired) electrons. The molecule has 2 atom stereocenters. The third-order valence-corrected chi connectivity index (χ3v) is 4.17. The van der Waals surface area contributed by atoms with Crippen molar-refractivity contribution in [2.45, 2.75) is 25.8 Å². The van der Waals surface area contributed by atoms with E-state index in [1.165, 1.54) is 0 Å². The van der Waals surface area contributed by atoms with E-state index in [9.17, 15) is 4.79 Å². The summed E-state index contributed by atoms with van der Waals surface area (Å²) in [5.41, 5.74) is 7.39. The molecule has 3 rings (SSSR count). The predicted octanol–water partition coefficient (Wildman–Crippen LogP) is 1.47. The number of nitrogens with zero attached hydrogens (tertiary/aromatic N) is 4. The minimum absolute atomic E-state index is 0.0630. The molecule has 1 aromatic heterocycles. The number of nitrogens with two attached hydrogens (primary N) is 1. The summed E-state index contributed by atoms with van der Waals surface area (Å²) >= 11 is 0. The fourth-order valence-electron chi connectivity index (χ4n) is 2.97. The summed E-state index contributed by atoms with van der Waals surface area (Å²) in [6, 6.07) is 9.69. The van der Waals surface area contributed by atoms with Gasteiger partial charge >= 0.3 is 0 Å². The molecule has 1 saturated heterocycles. The van der Waals surface area contributed by atoms with E-state index in [0.29, 0.717) is 24.7 Å². The molecular formula is C16H21N5O. The van der Waals surface area contributed by atoms with E-state index < -0.39 is 0 Å². The maximum absolute atomic E-state index is 12.5. The average Bonchev–Trinajstić information content (AvgIpc) is 3.16. The Morgan fingerprint density at radius 1 is 1.32 bits per heavy atom. The summed E-state index contributed by atoms with van der Waals surface area (Å²) < 4.78 is 1.62. The van der Waals surface area contributed by atoms with Crippen LogP contribution in [0.15, 0.2) is 36.5 Å². The first kappa shape index (κ1) is 14.7. The lowest BCUT2D eigenvalue weighted by Crippen LogP contribution is -2.32. The maximum Gasteiger partial charge on any atom is 0.276 e. The Bertz CT molecular complexity index is 639. The zero-order valence-corrected chi connectivity index (χ0v) is 12.7. The largest absolute Gasteiger partial charge is 0.335 e. The van der Waals surface area contributed by atoms with Crippen LogP contribution in [0.2, 0.25) is 0 Å². The minimum atomic E-state index is -0.0868. The van der Waals surface area contributed by atoms with E-state index in [1.54, 1.807) is 15.8 Å². The van der Waals surface area contributed by atoms with Crippen LogP contribution in [-0.2, 0) is 0 Å². The van der Waals surface area contributed by atoms with Gasteiger partial charge in [0.05, 0.1) is 11.9 Å². The molecule has 6 heteroatoms. The number of hydrogen-bond donors (Lipinski definition) is 1. The number of benzene rings is 1. The molecule has 2 heterocycles. The lowest BCUT2D eigenvalue weighted by molar-refractivity contribution is 0.0779. The molecule has 0 unspecified atom stereocenters. The van der Waals surface area contributed by atoms with Crippen molar-refractivity contribution in [3.05, 3.63) is 42.2 Å². The van der Waals surface area contributed by atoms with Crippen LogP contribution in [0, 0.1) is 5.92 Å². The maximum atomic E-state index is 12.5. The summed E-state index contributed by atoms with van der Waals surface area (Å²) in [6.07, 6.45) is 3.82. The van der Waals surface area contributed by atoms with E-state index in [4.69, 9.17) is 5.73 Å². The van der Waals surface area contributed by atoms with E-state index in [-0.39, 0.29) is 11.9 Å². The Morgan fingerprint density at radius 2 is 2.09 bits per heavy atom. The number of amides is 1. The summed E-state index contributed by atoms with van der Waals surface area (Å²) in [6.45, 7) is 3.45. The Morgan fingerprint density at radius 3 is 2.82 bits per heavy atom. The number of hydrogen-bond acceptors (Lipinski definition) is 4. The quantitative estimate of drug-likeness (QED) is 0.927. The zero-order valence-electron chi connectivity index (χ0n) is 12.7. The normalized spacial score (nSPS) is 21.3. The van der Waals surface area contributed by atoms with Crippen molar-refractivity contribution in [1.82, 2.24) is 19.9 Å². The number of aromatic nitrogens is 3. The van der Waals surface area contributed by atoms with Crippen LogP contribution in [0.3, 0.4) is 0 Å². The number of likely N-dealkylation sites (tertiary alicyclic amines) is 1. The molecule has 1 aromatic carbocycles. The number of rotatable bonds is 4. The summed E-state index contributed by atoms with van der Waals surface area (Å²) in [4.78, 5) is 14.3. The molecule has 2 aromatic rings. The molecule has 1 aliphatic heterocycles. The third-order valence-electron chi connectivity index (χ3n) is 4.17. The van der Waals surface area contributed by atoms with E-state index in [1.807, 2.05) is 30.3 Å². The molecular weight excluding hydrogens is 278 g/mol. The van der Waals surface area contributed by atoms with E-state index >= 15 is 0 Å². The van der Waals surface area contributed by atoms with Gasteiger partial charge < -0.3 is 10.6 Å². The van der Waals surface area contributed by atoms with Gasteiger partial charge in [-0.3, -0.25) is 4.79 Å². The van der Waals surface area contributed by atoms with Crippen molar-refractivity contribution in [1.29, 1.82) is 0 Å². The third kappa shape index (κ3) is 2.87. The highest BCUT2D eigenvalue weighted by atomic mass is 16.2. The van der Waals surface area contributed by atoms with Gasteiger partial charge in [0.15, 0.2) is 5.69 Å². The first-order chi connectivity index (χ1) is 10.7. The van der Waals surface area contributed by atoms with Gasteiger partial charge in [-0.25, -0.2) is 4.68 Å². The lowest BCUT2D eigenvalue weighted by atomic mass is 9.99. The second-order valence-electron chi connectivity index (χ2n) is 5.81. The molecule has 22 heavy (non-hydrogen) atoms. The van der Waals surface area contributed by atoms with E-state index in [2.05, 4.69) is 17.2 Å². The highest BCUT2D eigenvalue weighted by molar-refractivity contribution is 5.92. The fourth-order valence-corrected chi connectivity index (χ4v) is 2.97. The molecule has 0 aliphatic carbocycles. The highest BCUT2D eigenvalue weighted by Crippen LogP contribution is 2.21. The standard InChI is InChI=1S/C16H21N5O/c1-2-6-12-9-20(10-14(12)17)16(22)15-11-21(19-18-15)13-7-4-3-5-8-13/h3-5,7-8,11-12,14H,2,6,9-10,17H2,1H3/t12-,14-/m1/s1. The number of carbonyl (C=O) groups excluding carboxylic acids is 1. The van der Waals surface area contributed by atoms with Gasteiger partial charge in [-0.15, -0.1) is 5.10 Å². The molecule has 1 fully saturated rings. The second kappa shape index (κ2) is 6.27. The van der Waals surface area contributed by atoms with Gasteiger partial charge in [-0.05, 0) is 24.5 Å². The molecule has 1 amide bonds. The Kier molecular flexibility index (Phi) is 4.20. The summed E-state index contributed by atoms with van der Waals surface area (Å²) in [5, 5.41) is 8.06. The van der Waals surface area contributed by atoms with Crippen LogP contribution in [0.1, 0.15) is 30.3 Å². The second-order valence-corrected chi connectivity index (χ2v) is 5.81. The summed E-state index contributed by atoms with van der Waals surface area (Å²) in [5.74, 6) is 0.300. The molecule has 0 bridgehead atoms. The zero-order chi connectivity index (χ0) is 15.5. The Balaban J connectivity index is 1.73. The van der Waals surface area contributed by atoms with Crippen molar-refractivity contribution in [3.63, 3.8) is 0 Å². The van der Waals surface area contributed by atoms with Gasteiger partial charge in [0, 0.05) is 19.1 Å². The Labute approximate surface area is 129 Å². The van der Waals surface area contributed by atoms with Crippen LogP contribution in [0.25, 0.3) is 5.69 Å². The minimum Gasteiger partial charge on any atom is -0.335 e. The Hall–Kier alpha value is -2.21. The van der Waals surface area contributed by atoms with Crippen molar-refractivity contribution in [2.24, 2.45) is 11.7 Å². The number of carbonyl (C=O) groups is 1. The average molecular weight is 299 g/mol. The summed E-state index contributed by atoms with van der Waals surface area (Å²) in [7, 11) is 0. The van der Waals surface area contributed by atoms with Crippen LogP contribution < -0.4 is 5.73 Å². The molecule has 6 nitrogen and oxygen atoms in total. The molecule has 0 spiro atoms. The van der Waals surface area contributed by atoms with Gasteiger partial charge in [0.25, 0.3) is 5.91 Å². The lowest BCUT2D eigenvalue weighted by Gasteiger charge is -2.14. The van der Waals surface area contributed by atoms with Crippen LogP contribution in [0.5, 0.6) is 0 Å². The smallest absolute Gasteiger partial charge is 0.276 e. The van der Waals surface area contributed by atoms with Crippen molar-refractivity contribution in [3.8, 4) is 5.69 Å². The van der Waals surface area contributed by atoms with Crippen molar-refractivity contribution in [2.75, 3.05) is 13.1 Å². The molecule has 0 saturated carbocycles. The van der Waals surface area contributed by atoms with Gasteiger partial charge in [-0.1, -0.05) is 36.8 Å². The van der Waals surface area contributed by atoms with Gasteiger partial charge in [-0.2, -0.15) is 0 Å². The van der Waals surface area contributed by atoms with Crippen molar-refractivity contribution >= 4 is 5.91 Å². The SMILES string of the molecule is CCC[C@@H]1CN(C(=O)c2cn(-c3ccccc3)nn2)C[C@H]1N. The van der Waals surface area contributed by atoms with Crippen LogP contribution >= 0.6 is 0 Å².